The number of nitrogens with two attached hydrogens (primary N) is 1. The predicted molar refractivity (Wildman–Crippen MR) is 126 cm³/mol. The summed E-state index contributed by atoms with van der Waals surface area (Å²) in [6.45, 7) is 0. The lowest BCUT2D eigenvalue weighted by Gasteiger charge is -2.21. The Balaban J connectivity index is 1.62. The van der Waals surface area contributed by atoms with E-state index in [1.54, 1.807) is 11.2 Å². The number of benzene rings is 2. The van der Waals surface area contributed by atoms with Crippen molar-refractivity contribution in [3.05, 3.63) is 103 Å². The average Bonchev–Trinajstić information content (AvgIpc) is 3.46. The van der Waals surface area contributed by atoms with E-state index in [4.69, 9.17) is 28.2 Å². The van der Waals surface area contributed by atoms with Gasteiger partial charge in [0.1, 0.15) is 0 Å². The van der Waals surface area contributed by atoms with Crippen LogP contribution >= 0.6 is 12.2 Å². The quantitative estimate of drug-likeness (QED) is 0.494. The molecule has 0 radical (unpaired) electrons. The smallest absolute Gasteiger partial charge is 0.187 e. The molecule has 1 atom stereocenters. The third-order valence-electron chi connectivity index (χ3n) is 5.30. The predicted octanol–water partition coefficient (Wildman–Crippen LogP) is 4.33. The zero-order valence-electron chi connectivity index (χ0n) is 16.7. The number of hydrogen-bond acceptors (Lipinski definition) is 4. The fourth-order valence-electron chi connectivity index (χ4n) is 3.83. The highest BCUT2D eigenvalue weighted by Gasteiger charge is 2.34. The van der Waals surface area contributed by atoms with Crippen molar-refractivity contribution < 1.29 is 0 Å². The van der Waals surface area contributed by atoms with Gasteiger partial charge < -0.3 is 5.73 Å². The molecule has 2 N–H and O–H groups in total. The summed E-state index contributed by atoms with van der Waals surface area (Å²) in [5.41, 5.74) is 11.9. The summed E-state index contributed by atoms with van der Waals surface area (Å²) >= 11 is 5.35. The maximum Gasteiger partial charge on any atom is 0.187 e. The van der Waals surface area contributed by atoms with Gasteiger partial charge in [-0.1, -0.05) is 54.6 Å². The van der Waals surface area contributed by atoms with Crippen molar-refractivity contribution in [3.8, 4) is 16.9 Å². The average molecular weight is 425 g/mol. The summed E-state index contributed by atoms with van der Waals surface area (Å²) in [6.07, 6.45) is 6.27. The van der Waals surface area contributed by atoms with Crippen LogP contribution in [-0.2, 0) is 0 Å². The van der Waals surface area contributed by atoms with Crippen LogP contribution in [0.2, 0.25) is 0 Å². The van der Waals surface area contributed by atoms with Crippen LogP contribution in [-0.4, -0.2) is 30.6 Å². The van der Waals surface area contributed by atoms with E-state index in [9.17, 15) is 0 Å². The molecule has 5 rings (SSSR count). The number of rotatable bonds is 4. The van der Waals surface area contributed by atoms with Gasteiger partial charge in [-0.3, -0.25) is 4.98 Å². The highest BCUT2D eigenvalue weighted by molar-refractivity contribution is 7.80. The van der Waals surface area contributed by atoms with E-state index in [1.807, 2.05) is 71.5 Å². The molecule has 0 bridgehead atoms. The lowest BCUT2D eigenvalue weighted by molar-refractivity contribution is 0.373. The monoisotopic (exact) mass is 424 g/mol. The van der Waals surface area contributed by atoms with Crippen molar-refractivity contribution in [1.82, 2.24) is 19.8 Å². The topological polar surface area (TPSA) is 72.3 Å². The molecule has 4 aromatic rings. The minimum absolute atomic E-state index is 0.152. The molecule has 7 heteroatoms. The van der Waals surface area contributed by atoms with Crippen LogP contribution in [0.25, 0.3) is 16.9 Å². The van der Waals surface area contributed by atoms with Gasteiger partial charge in [-0.25, -0.2) is 9.69 Å². The minimum atomic E-state index is -0.152. The number of nitrogens with zero attached hydrogens (tertiary/aromatic N) is 5. The molecule has 6 nitrogen and oxygen atoms in total. The first-order valence-electron chi connectivity index (χ1n) is 9.97. The Hall–Kier alpha value is -3.84. The molecule has 2 aromatic heterocycles. The number of aromatic nitrogens is 3. The van der Waals surface area contributed by atoms with Crippen molar-refractivity contribution in [3.63, 3.8) is 0 Å². The van der Waals surface area contributed by atoms with Crippen molar-refractivity contribution in [2.45, 2.75) is 12.5 Å². The first-order chi connectivity index (χ1) is 15.2. The number of pyridine rings is 1. The van der Waals surface area contributed by atoms with E-state index in [2.05, 4.69) is 23.3 Å². The third kappa shape index (κ3) is 3.71. The molecule has 152 valence electrons. The Morgan fingerprint density at radius 1 is 0.935 bits per heavy atom. The van der Waals surface area contributed by atoms with Crippen LogP contribution in [0.5, 0.6) is 0 Å². The fraction of sp³-hybridized carbons (Fsp3) is 0.0833. The summed E-state index contributed by atoms with van der Waals surface area (Å²) in [7, 11) is 0. The molecule has 0 aliphatic carbocycles. The van der Waals surface area contributed by atoms with Gasteiger partial charge in [0.15, 0.2) is 5.11 Å². The largest absolute Gasteiger partial charge is 0.375 e. The zero-order chi connectivity index (χ0) is 21.2. The normalized spacial score (nSPS) is 15.7. The van der Waals surface area contributed by atoms with E-state index in [0.29, 0.717) is 6.42 Å². The second-order valence-electron chi connectivity index (χ2n) is 7.27. The summed E-state index contributed by atoms with van der Waals surface area (Å²) in [5.74, 6) is 0. The summed E-state index contributed by atoms with van der Waals surface area (Å²) in [5, 5.41) is 11.6. The number of hydrogen-bond donors (Lipinski definition) is 1. The summed E-state index contributed by atoms with van der Waals surface area (Å²) in [6, 6.07) is 23.9. The van der Waals surface area contributed by atoms with E-state index in [0.717, 1.165) is 33.8 Å². The number of thiocarbonyl (C=S) groups is 1. The van der Waals surface area contributed by atoms with Crippen LogP contribution in [0.15, 0.2) is 96.5 Å². The van der Waals surface area contributed by atoms with Gasteiger partial charge >= 0.3 is 0 Å². The van der Waals surface area contributed by atoms with Crippen LogP contribution in [0.3, 0.4) is 0 Å². The van der Waals surface area contributed by atoms with E-state index in [1.165, 1.54) is 0 Å². The summed E-state index contributed by atoms with van der Waals surface area (Å²) < 4.78 is 1.90. The van der Waals surface area contributed by atoms with Gasteiger partial charge in [0.05, 0.1) is 23.1 Å². The molecular weight excluding hydrogens is 404 g/mol. The first kappa shape index (κ1) is 19.1. The van der Waals surface area contributed by atoms with Crippen LogP contribution in [0, 0.1) is 0 Å². The zero-order valence-corrected chi connectivity index (χ0v) is 17.5. The van der Waals surface area contributed by atoms with Gasteiger partial charge in [0, 0.05) is 41.7 Å². The second kappa shape index (κ2) is 8.12. The lowest BCUT2D eigenvalue weighted by Crippen LogP contribution is -2.31. The molecule has 0 saturated carbocycles. The Morgan fingerprint density at radius 2 is 1.65 bits per heavy atom. The number of hydrazone groups is 1. The van der Waals surface area contributed by atoms with Crippen molar-refractivity contribution in [2.24, 2.45) is 10.8 Å². The fourth-order valence-corrected chi connectivity index (χ4v) is 4.00. The van der Waals surface area contributed by atoms with Crippen molar-refractivity contribution >= 4 is 23.0 Å². The van der Waals surface area contributed by atoms with Crippen molar-refractivity contribution in [1.29, 1.82) is 0 Å². The molecule has 1 aliphatic heterocycles. The molecule has 0 fully saturated rings. The molecule has 0 spiro atoms. The SMILES string of the molecule is NC(=S)N1N=C(c2cccnc2)CC1c1cn(-c2ccccc2)nc1-c1ccccc1. The van der Waals surface area contributed by atoms with E-state index in [-0.39, 0.29) is 11.2 Å². The maximum atomic E-state index is 6.08. The second-order valence-corrected chi connectivity index (χ2v) is 7.69. The maximum absolute atomic E-state index is 6.08. The van der Waals surface area contributed by atoms with E-state index >= 15 is 0 Å². The molecule has 2 aromatic carbocycles. The number of para-hydroxylation sites is 1. The molecule has 31 heavy (non-hydrogen) atoms. The highest BCUT2D eigenvalue weighted by atomic mass is 32.1. The van der Waals surface area contributed by atoms with Gasteiger partial charge in [0.2, 0.25) is 0 Å². The Labute approximate surface area is 185 Å². The standard InChI is InChI=1S/C24H20N6S/c25-24(31)30-22(14-21(27-30)18-10-7-13-26-15-18)20-16-29(19-11-5-2-6-12-19)28-23(20)17-8-3-1-4-9-17/h1-13,15-16,22H,14H2,(H2,25,31). The van der Waals surface area contributed by atoms with Crippen LogP contribution < -0.4 is 5.73 Å². The first-order valence-corrected chi connectivity index (χ1v) is 10.4. The molecule has 0 saturated heterocycles. The lowest BCUT2D eigenvalue weighted by atomic mass is 9.97. The van der Waals surface area contributed by atoms with Gasteiger partial charge in [-0.15, -0.1) is 0 Å². The van der Waals surface area contributed by atoms with E-state index < -0.39 is 0 Å². The van der Waals surface area contributed by atoms with Crippen LogP contribution in [0.4, 0.5) is 0 Å². The Bertz CT molecular complexity index is 1240. The minimum Gasteiger partial charge on any atom is -0.375 e. The van der Waals surface area contributed by atoms with Crippen molar-refractivity contribution in [2.75, 3.05) is 0 Å². The summed E-state index contributed by atoms with van der Waals surface area (Å²) in [4.78, 5) is 4.23. The third-order valence-corrected chi connectivity index (χ3v) is 5.49. The van der Waals surface area contributed by atoms with Gasteiger partial charge in [-0.05, 0) is 30.4 Å². The molecule has 1 aliphatic rings. The van der Waals surface area contributed by atoms with Crippen LogP contribution in [0.1, 0.15) is 23.6 Å². The Kier molecular flexibility index (Phi) is 5.01. The molecule has 0 amide bonds. The van der Waals surface area contributed by atoms with Gasteiger partial charge in [-0.2, -0.15) is 10.2 Å². The Morgan fingerprint density at radius 3 is 2.32 bits per heavy atom. The molecule has 3 heterocycles. The highest BCUT2D eigenvalue weighted by Crippen LogP contribution is 2.38. The molecular formula is C24H20N6S. The van der Waals surface area contributed by atoms with Gasteiger partial charge in [0.25, 0.3) is 0 Å². The molecule has 1 unspecified atom stereocenters.